The second-order valence-corrected chi connectivity index (χ2v) is 6.72. The van der Waals surface area contributed by atoms with E-state index < -0.39 is 23.1 Å². The zero-order valence-electron chi connectivity index (χ0n) is 14.7. The number of hydrogen-bond donors (Lipinski definition) is 0. The predicted octanol–water partition coefficient (Wildman–Crippen LogP) is 3.44. The molecule has 5 heteroatoms. The van der Waals surface area contributed by atoms with Gasteiger partial charge in [-0.05, 0) is 43.2 Å². The van der Waals surface area contributed by atoms with Gasteiger partial charge in [0.05, 0.1) is 18.7 Å². The molecule has 0 aromatic heterocycles. The van der Waals surface area contributed by atoms with Crippen LogP contribution in [0.2, 0.25) is 0 Å². The first-order valence-electron chi connectivity index (χ1n) is 8.93. The van der Waals surface area contributed by atoms with Gasteiger partial charge in [0, 0.05) is 5.92 Å². The van der Waals surface area contributed by atoms with E-state index in [1.807, 2.05) is 42.5 Å². The molecular formula is C21H20N2O3. The first-order valence-corrected chi connectivity index (χ1v) is 8.93. The minimum Gasteiger partial charge on any atom is -0.462 e. The molecule has 0 radical (unpaired) electrons. The molecule has 3 rings (SSSR count). The number of benzene rings is 1. The lowest BCUT2D eigenvalue weighted by atomic mass is 9.55. The highest BCUT2D eigenvalue weighted by atomic mass is 16.5. The van der Waals surface area contributed by atoms with Crippen LogP contribution in [-0.4, -0.2) is 18.4 Å². The minimum atomic E-state index is -1.91. The van der Waals surface area contributed by atoms with Crippen LogP contribution in [0, 0.1) is 34.0 Å². The fraction of sp³-hybridized carbons (Fsp3) is 0.429. The number of ketones is 1. The average Bonchev–Trinajstić information content (AvgIpc) is 2.68. The van der Waals surface area contributed by atoms with Gasteiger partial charge in [-0.2, -0.15) is 10.5 Å². The van der Waals surface area contributed by atoms with Gasteiger partial charge < -0.3 is 4.74 Å². The number of Topliss-reactive ketones (excluding diaryl/α,β-unsaturated/α-hetero) is 1. The molecule has 0 spiro atoms. The zero-order valence-corrected chi connectivity index (χ0v) is 14.7. The number of allylic oxidation sites excluding steroid dienone is 1. The number of nitriles is 2. The number of fused-ring (bicyclic) bond motifs is 1. The molecule has 26 heavy (non-hydrogen) atoms. The van der Waals surface area contributed by atoms with Crippen molar-refractivity contribution in [3.8, 4) is 12.1 Å². The van der Waals surface area contributed by atoms with Gasteiger partial charge in [-0.3, -0.25) is 4.79 Å². The third-order valence-corrected chi connectivity index (χ3v) is 5.42. The van der Waals surface area contributed by atoms with Gasteiger partial charge in [0.1, 0.15) is 5.57 Å². The maximum Gasteiger partial charge on any atom is 0.341 e. The highest BCUT2D eigenvalue weighted by molar-refractivity contribution is 6.23. The van der Waals surface area contributed by atoms with Crippen molar-refractivity contribution >= 4 is 11.8 Å². The van der Waals surface area contributed by atoms with Gasteiger partial charge in [0.25, 0.3) is 0 Å². The van der Waals surface area contributed by atoms with Crippen LogP contribution in [0.25, 0.3) is 0 Å². The van der Waals surface area contributed by atoms with Gasteiger partial charge in [0.2, 0.25) is 11.2 Å². The average molecular weight is 348 g/mol. The van der Waals surface area contributed by atoms with Crippen molar-refractivity contribution in [1.82, 2.24) is 0 Å². The summed E-state index contributed by atoms with van der Waals surface area (Å²) in [6.07, 6.45) is 3.20. The summed E-state index contributed by atoms with van der Waals surface area (Å²) in [4.78, 5) is 25.8. The number of nitrogens with zero attached hydrogens (tertiary/aromatic N) is 2. The van der Waals surface area contributed by atoms with Crippen LogP contribution in [-0.2, 0) is 14.3 Å². The lowest BCUT2D eigenvalue weighted by Gasteiger charge is -2.43. The van der Waals surface area contributed by atoms with Crippen LogP contribution in [0.1, 0.15) is 44.1 Å². The molecule has 0 amide bonds. The van der Waals surface area contributed by atoms with E-state index in [1.54, 1.807) is 6.92 Å². The molecule has 0 unspecified atom stereocenters. The predicted molar refractivity (Wildman–Crippen MR) is 93.5 cm³/mol. The molecule has 1 fully saturated rings. The molecule has 0 aliphatic heterocycles. The van der Waals surface area contributed by atoms with E-state index in [1.165, 1.54) is 0 Å². The number of hydrogen-bond acceptors (Lipinski definition) is 5. The van der Waals surface area contributed by atoms with Gasteiger partial charge in [0.15, 0.2) is 0 Å². The summed E-state index contributed by atoms with van der Waals surface area (Å²) in [6.45, 7) is 1.81. The van der Waals surface area contributed by atoms with Crippen molar-refractivity contribution in [3.05, 3.63) is 47.0 Å². The van der Waals surface area contributed by atoms with Crippen molar-refractivity contribution in [3.63, 3.8) is 0 Å². The summed E-state index contributed by atoms with van der Waals surface area (Å²) >= 11 is 0. The van der Waals surface area contributed by atoms with Gasteiger partial charge in [-0.15, -0.1) is 0 Å². The van der Waals surface area contributed by atoms with Crippen LogP contribution in [0.15, 0.2) is 41.5 Å². The number of carbonyl (C=O) groups is 2. The molecule has 0 N–H and O–H groups in total. The second-order valence-electron chi connectivity index (χ2n) is 6.72. The maximum absolute atomic E-state index is 13.3. The van der Waals surface area contributed by atoms with E-state index in [-0.39, 0.29) is 18.1 Å². The van der Waals surface area contributed by atoms with E-state index in [0.717, 1.165) is 30.4 Å². The zero-order chi connectivity index (χ0) is 18.7. The summed E-state index contributed by atoms with van der Waals surface area (Å²) < 4.78 is 5.09. The molecule has 132 valence electrons. The van der Waals surface area contributed by atoms with Gasteiger partial charge in [-0.1, -0.05) is 36.8 Å². The number of esters is 1. The smallest absolute Gasteiger partial charge is 0.341 e. The SMILES string of the molecule is CCOC(=O)C1=C2CCCC[C@@H]2[C@@H](c2ccccc2)C(C#N)(C#N)C1=O. The van der Waals surface area contributed by atoms with Crippen LogP contribution in [0.5, 0.6) is 0 Å². The Bertz CT molecular complexity index is 828. The molecule has 5 nitrogen and oxygen atoms in total. The van der Waals surface area contributed by atoms with E-state index in [4.69, 9.17) is 4.74 Å². The highest BCUT2D eigenvalue weighted by Gasteiger charge is 2.58. The number of ether oxygens (including phenoxy) is 1. The number of carbonyl (C=O) groups excluding carboxylic acids is 2. The van der Waals surface area contributed by atoms with Gasteiger partial charge >= 0.3 is 5.97 Å². The highest BCUT2D eigenvalue weighted by Crippen LogP contribution is 2.54. The fourth-order valence-corrected chi connectivity index (χ4v) is 4.34. The Kier molecular flexibility index (Phi) is 4.91. The lowest BCUT2D eigenvalue weighted by Crippen LogP contribution is -2.47. The van der Waals surface area contributed by atoms with E-state index >= 15 is 0 Å². The van der Waals surface area contributed by atoms with Crippen LogP contribution >= 0.6 is 0 Å². The summed E-state index contributed by atoms with van der Waals surface area (Å²) in [5.41, 5.74) is -0.424. The molecule has 1 aromatic rings. The molecule has 1 saturated carbocycles. The summed E-state index contributed by atoms with van der Waals surface area (Å²) in [7, 11) is 0. The first kappa shape index (κ1) is 17.9. The minimum absolute atomic E-state index is 0.0631. The standard InChI is InChI=1S/C21H20N2O3/c1-2-26-20(25)17-15-10-6-7-11-16(15)18(14-8-4-3-5-9-14)21(12-22,13-23)19(17)24/h3-5,8-9,16,18H,2,6-7,10-11H2,1H3/t16-,18+/m0/s1. The number of rotatable bonds is 3. The molecule has 2 atom stereocenters. The Hall–Kier alpha value is -2.92. The van der Waals surface area contributed by atoms with Crippen molar-refractivity contribution in [2.45, 2.75) is 38.5 Å². The third kappa shape index (κ3) is 2.61. The quantitative estimate of drug-likeness (QED) is 0.616. The van der Waals surface area contributed by atoms with Crippen LogP contribution < -0.4 is 0 Å². The topological polar surface area (TPSA) is 90.9 Å². The fourth-order valence-electron chi connectivity index (χ4n) is 4.34. The van der Waals surface area contributed by atoms with Gasteiger partial charge in [-0.25, -0.2) is 4.79 Å². The largest absolute Gasteiger partial charge is 0.462 e. The van der Waals surface area contributed by atoms with E-state index in [2.05, 4.69) is 0 Å². The van der Waals surface area contributed by atoms with Crippen LogP contribution in [0.4, 0.5) is 0 Å². The van der Waals surface area contributed by atoms with Crippen molar-refractivity contribution in [1.29, 1.82) is 10.5 Å². The van der Waals surface area contributed by atoms with Crippen molar-refractivity contribution in [2.24, 2.45) is 11.3 Å². The van der Waals surface area contributed by atoms with Crippen molar-refractivity contribution < 1.29 is 14.3 Å². The van der Waals surface area contributed by atoms with Crippen molar-refractivity contribution in [2.75, 3.05) is 6.61 Å². The molecular weight excluding hydrogens is 328 g/mol. The molecule has 2 aliphatic rings. The summed E-state index contributed by atoms with van der Waals surface area (Å²) in [5, 5.41) is 19.8. The monoisotopic (exact) mass is 348 g/mol. The molecule has 0 heterocycles. The Balaban J connectivity index is 2.26. The second kappa shape index (κ2) is 7.14. The Labute approximate surface area is 152 Å². The lowest BCUT2D eigenvalue weighted by molar-refractivity contribution is -0.141. The normalized spacial score (nSPS) is 24.2. The molecule has 0 bridgehead atoms. The molecule has 1 aromatic carbocycles. The maximum atomic E-state index is 13.3. The third-order valence-electron chi connectivity index (χ3n) is 5.42. The van der Waals surface area contributed by atoms with E-state index in [9.17, 15) is 20.1 Å². The Morgan fingerprint density at radius 2 is 1.92 bits per heavy atom. The Morgan fingerprint density at radius 3 is 2.54 bits per heavy atom. The summed E-state index contributed by atoms with van der Waals surface area (Å²) in [5.74, 6) is -2.16. The Morgan fingerprint density at radius 1 is 1.23 bits per heavy atom. The van der Waals surface area contributed by atoms with E-state index in [0.29, 0.717) is 6.42 Å². The summed E-state index contributed by atoms with van der Waals surface area (Å²) in [6, 6.07) is 13.2. The molecule has 0 saturated heterocycles. The van der Waals surface area contributed by atoms with Crippen LogP contribution in [0.3, 0.4) is 0 Å². The first-order chi connectivity index (χ1) is 12.6. The molecule has 2 aliphatic carbocycles.